The van der Waals surface area contributed by atoms with Gasteiger partial charge < -0.3 is 15.2 Å². The van der Waals surface area contributed by atoms with Crippen molar-refractivity contribution >= 4 is 6.09 Å². The molecule has 0 aromatic carbocycles. The molecule has 0 aliphatic carbocycles. The van der Waals surface area contributed by atoms with Gasteiger partial charge in [-0.25, -0.2) is 4.79 Å². The summed E-state index contributed by atoms with van der Waals surface area (Å²) in [6.07, 6.45) is 2.16. The molecule has 11 heavy (non-hydrogen) atoms. The van der Waals surface area contributed by atoms with Crippen molar-refractivity contribution in [2.75, 3.05) is 20.3 Å². The van der Waals surface area contributed by atoms with Gasteiger partial charge in [0.1, 0.15) is 0 Å². The average molecular weight is 161 g/mol. The summed E-state index contributed by atoms with van der Waals surface area (Å²) in [6.45, 7) is 1.18. The van der Waals surface area contributed by atoms with Gasteiger partial charge in [0.15, 0.2) is 0 Å². The average Bonchev–Trinajstić information content (AvgIpc) is 1.96. The predicted molar refractivity (Wildman–Crippen MR) is 41.3 cm³/mol. The summed E-state index contributed by atoms with van der Waals surface area (Å²) < 4.78 is 9.36. The fraction of sp³-hybridized carbons (Fsp3) is 0.857. The van der Waals surface area contributed by atoms with E-state index in [4.69, 9.17) is 10.5 Å². The van der Waals surface area contributed by atoms with Gasteiger partial charge in [-0.05, 0) is 19.3 Å². The lowest BCUT2D eigenvalue weighted by Gasteiger charge is -2.00. The number of hydrogen-bond donors (Lipinski definition) is 1. The molecule has 4 nitrogen and oxygen atoms in total. The van der Waals surface area contributed by atoms with Gasteiger partial charge >= 0.3 is 6.09 Å². The van der Waals surface area contributed by atoms with E-state index >= 15 is 0 Å². The molecule has 0 aliphatic rings. The normalized spacial score (nSPS) is 9.55. The Morgan fingerprint density at radius 1 is 1.27 bits per heavy atom. The summed E-state index contributed by atoms with van der Waals surface area (Å²) in [6, 6.07) is 0. The number of carbonyl (C=O) groups excluding carboxylic acids is 1. The first-order valence-electron chi connectivity index (χ1n) is 3.68. The molecule has 0 unspecified atom stereocenters. The molecular weight excluding hydrogens is 146 g/mol. The van der Waals surface area contributed by atoms with E-state index in [1.165, 1.54) is 0 Å². The molecule has 66 valence electrons. The van der Waals surface area contributed by atoms with E-state index in [0.717, 1.165) is 25.9 Å². The van der Waals surface area contributed by atoms with Crippen molar-refractivity contribution in [2.45, 2.75) is 19.3 Å². The molecule has 4 heteroatoms. The number of primary amides is 1. The van der Waals surface area contributed by atoms with Crippen molar-refractivity contribution in [3.63, 3.8) is 0 Å². The molecule has 0 saturated carbocycles. The van der Waals surface area contributed by atoms with Crippen LogP contribution in [0.15, 0.2) is 0 Å². The van der Waals surface area contributed by atoms with Gasteiger partial charge in [0.2, 0.25) is 0 Å². The number of ether oxygens (including phenoxy) is 2. The Morgan fingerprint density at radius 3 is 2.45 bits per heavy atom. The smallest absolute Gasteiger partial charge is 0.404 e. The maximum absolute atomic E-state index is 10.1. The van der Waals surface area contributed by atoms with Crippen molar-refractivity contribution in [1.29, 1.82) is 0 Å². The van der Waals surface area contributed by atoms with E-state index in [9.17, 15) is 4.79 Å². The van der Waals surface area contributed by atoms with Gasteiger partial charge in [-0.2, -0.15) is 0 Å². The molecule has 0 aromatic heterocycles. The van der Waals surface area contributed by atoms with Crippen molar-refractivity contribution in [2.24, 2.45) is 5.73 Å². The summed E-state index contributed by atoms with van der Waals surface area (Å²) in [5.74, 6) is 0. The van der Waals surface area contributed by atoms with Crippen molar-refractivity contribution in [3.05, 3.63) is 0 Å². The predicted octanol–water partition coefficient (Wildman–Crippen LogP) is 0.898. The van der Waals surface area contributed by atoms with Crippen molar-refractivity contribution in [3.8, 4) is 0 Å². The van der Waals surface area contributed by atoms with Crippen LogP contribution >= 0.6 is 0 Å². The molecular formula is C7H15NO3. The molecule has 0 bridgehead atoms. The first kappa shape index (κ1) is 10.2. The third-order valence-electron chi connectivity index (χ3n) is 1.24. The molecule has 0 saturated heterocycles. The summed E-state index contributed by atoms with van der Waals surface area (Å²) in [5, 5.41) is 0. The zero-order valence-corrected chi connectivity index (χ0v) is 6.84. The molecule has 0 aromatic rings. The highest BCUT2D eigenvalue weighted by Gasteiger charge is 1.92. The number of nitrogens with two attached hydrogens (primary N) is 1. The van der Waals surface area contributed by atoms with Crippen LogP contribution in [0, 0.1) is 0 Å². The summed E-state index contributed by atoms with van der Waals surface area (Å²) in [5.41, 5.74) is 4.75. The van der Waals surface area contributed by atoms with E-state index < -0.39 is 6.09 Å². The highest BCUT2D eigenvalue weighted by molar-refractivity contribution is 5.64. The lowest BCUT2D eigenvalue weighted by Crippen LogP contribution is -2.13. The maximum atomic E-state index is 10.1. The minimum atomic E-state index is -0.697. The molecule has 0 aliphatic heterocycles. The van der Waals surface area contributed by atoms with Crippen LogP contribution in [0.1, 0.15) is 19.3 Å². The van der Waals surface area contributed by atoms with Crippen LogP contribution in [-0.2, 0) is 9.47 Å². The second kappa shape index (κ2) is 7.34. The first-order chi connectivity index (χ1) is 5.27. The van der Waals surface area contributed by atoms with Crippen molar-refractivity contribution in [1.82, 2.24) is 0 Å². The van der Waals surface area contributed by atoms with E-state index in [2.05, 4.69) is 4.74 Å². The monoisotopic (exact) mass is 161 g/mol. The van der Waals surface area contributed by atoms with Crippen LogP contribution < -0.4 is 5.73 Å². The van der Waals surface area contributed by atoms with Gasteiger partial charge in [-0.3, -0.25) is 0 Å². The minimum absolute atomic E-state index is 0.416. The molecule has 0 rings (SSSR count). The quantitative estimate of drug-likeness (QED) is 0.589. The Balaban J connectivity index is 2.85. The van der Waals surface area contributed by atoms with Crippen LogP contribution in [0.3, 0.4) is 0 Å². The second-order valence-corrected chi connectivity index (χ2v) is 2.22. The van der Waals surface area contributed by atoms with Crippen LogP contribution in [0.2, 0.25) is 0 Å². The van der Waals surface area contributed by atoms with Crippen LogP contribution in [0.4, 0.5) is 4.79 Å². The Bertz CT molecular complexity index is 106. The number of unbranched alkanes of at least 4 members (excludes halogenated alkanes) is 2. The highest BCUT2D eigenvalue weighted by atomic mass is 16.5. The topological polar surface area (TPSA) is 61.6 Å². The Kier molecular flexibility index (Phi) is 6.82. The van der Waals surface area contributed by atoms with Gasteiger partial charge in [-0.15, -0.1) is 0 Å². The summed E-state index contributed by atoms with van der Waals surface area (Å²) in [4.78, 5) is 10.1. The highest BCUT2D eigenvalue weighted by Crippen LogP contribution is 1.95. The third-order valence-corrected chi connectivity index (χ3v) is 1.24. The second-order valence-electron chi connectivity index (χ2n) is 2.22. The number of hydrogen-bond acceptors (Lipinski definition) is 3. The van der Waals surface area contributed by atoms with Gasteiger partial charge in [0.25, 0.3) is 0 Å². The standard InChI is InChI=1S/C7H15NO3/c1-10-5-3-2-4-6-11-7(8)9/h2-6H2,1H3,(H2,8,9). The van der Waals surface area contributed by atoms with Crippen LogP contribution in [0.5, 0.6) is 0 Å². The summed E-state index contributed by atoms with van der Waals surface area (Å²) >= 11 is 0. The molecule has 0 radical (unpaired) electrons. The van der Waals surface area contributed by atoms with Crippen LogP contribution in [0.25, 0.3) is 0 Å². The van der Waals surface area contributed by atoms with Crippen LogP contribution in [-0.4, -0.2) is 26.4 Å². The Labute approximate surface area is 66.7 Å². The SMILES string of the molecule is COCCCCCOC(N)=O. The number of carbonyl (C=O) groups is 1. The Hall–Kier alpha value is -0.770. The zero-order chi connectivity index (χ0) is 8.53. The third kappa shape index (κ3) is 9.23. The number of rotatable bonds is 6. The molecule has 0 heterocycles. The van der Waals surface area contributed by atoms with E-state index in [0.29, 0.717) is 6.61 Å². The van der Waals surface area contributed by atoms with E-state index in [-0.39, 0.29) is 0 Å². The molecule has 1 amide bonds. The van der Waals surface area contributed by atoms with E-state index in [1.807, 2.05) is 0 Å². The zero-order valence-electron chi connectivity index (χ0n) is 6.84. The maximum Gasteiger partial charge on any atom is 0.404 e. The number of amides is 1. The Morgan fingerprint density at radius 2 is 1.91 bits per heavy atom. The molecule has 0 spiro atoms. The number of methoxy groups -OCH3 is 1. The fourth-order valence-corrected chi connectivity index (χ4v) is 0.698. The van der Waals surface area contributed by atoms with Gasteiger partial charge in [0, 0.05) is 13.7 Å². The lowest BCUT2D eigenvalue weighted by atomic mass is 10.2. The first-order valence-corrected chi connectivity index (χ1v) is 3.68. The van der Waals surface area contributed by atoms with Gasteiger partial charge in [-0.1, -0.05) is 0 Å². The largest absolute Gasteiger partial charge is 0.450 e. The molecule has 0 atom stereocenters. The lowest BCUT2D eigenvalue weighted by molar-refractivity contribution is 0.151. The van der Waals surface area contributed by atoms with Gasteiger partial charge in [0.05, 0.1) is 6.61 Å². The molecule has 2 N–H and O–H groups in total. The van der Waals surface area contributed by atoms with E-state index in [1.54, 1.807) is 7.11 Å². The summed E-state index contributed by atoms with van der Waals surface area (Å²) in [7, 11) is 1.67. The fourth-order valence-electron chi connectivity index (χ4n) is 0.698. The van der Waals surface area contributed by atoms with Crippen molar-refractivity contribution < 1.29 is 14.3 Å². The minimum Gasteiger partial charge on any atom is -0.450 e. The molecule has 0 fully saturated rings.